The number of nitrogens with zero attached hydrogens (tertiary/aromatic N) is 1. The highest BCUT2D eigenvalue weighted by Crippen LogP contribution is 2.14. The first kappa shape index (κ1) is 11.1. The van der Waals surface area contributed by atoms with Crippen LogP contribution in [0.25, 0.3) is 0 Å². The van der Waals surface area contributed by atoms with Crippen molar-refractivity contribution in [2.45, 2.75) is 12.1 Å². The minimum atomic E-state index is 0.941. The van der Waals surface area contributed by atoms with E-state index < -0.39 is 0 Å². The van der Waals surface area contributed by atoms with Crippen LogP contribution in [-0.4, -0.2) is 22.3 Å². The minimum absolute atomic E-state index is 0.941. The molecule has 1 aromatic heterocycles. The van der Waals surface area contributed by atoms with Crippen LogP contribution in [0.2, 0.25) is 0 Å². The molecule has 84 valence electrons. The number of aromatic nitrogens is 2. The normalized spacial score (nSPS) is 10.3. The standard InChI is InChI=1S/C12H15N3S/c1-10-4-2-3-5-11(10)13-8-9-16-12-14-6-7-15-12/h2-7,13H,8-9H2,1H3,(H,14,15). The van der Waals surface area contributed by atoms with E-state index in [-0.39, 0.29) is 0 Å². The quantitative estimate of drug-likeness (QED) is 0.616. The Morgan fingerprint density at radius 1 is 1.38 bits per heavy atom. The summed E-state index contributed by atoms with van der Waals surface area (Å²) in [4.78, 5) is 7.23. The van der Waals surface area contributed by atoms with E-state index in [0.29, 0.717) is 0 Å². The molecular weight excluding hydrogens is 218 g/mol. The van der Waals surface area contributed by atoms with Gasteiger partial charge in [-0.3, -0.25) is 0 Å². The zero-order valence-corrected chi connectivity index (χ0v) is 10.1. The highest BCUT2D eigenvalue weighted by molar-refractivity contribution is 7.99. The van der Waals surface area contributed by atoms with Crippen LogP contribution in [0.3, 0.4) is 0 Å². The van der Waals surface area contributed by atoms with Crippen LogP contribution in [0.5, 0.6) is 0 Å². The van der Waals surface area contributed by atoms with Gasteiger partial charge in [0.1, 0.15) is 0 Å². The third kappa shape index (κ3) is 3.03. The number of thioether (sulfide) groups is 1. The fourth-order valence-corrected chi connectivity index (χ4v) is 2.12. The van der Waals surface area contributed by atoms with E-state index in [1.54, 1.807) is 18.0 Å². The van der Waals surface area contributed by atoms with E-state index in [0.717, 1.165) is 17.5 Å². The number of imidazole rings is 1. The van der Waals surface area contributed by atoms with Crippen LogP contribution in [0.15, 0.2) is 41.8 Å². The third-order valence-electron chi connectivity index (χ3n) is 2.27. The number of anilines is 1. The number of rotatable bonds is 5. The lowest BCUT2D eigenvalue weighted by Crippen LogP contribution is -2.05. The first-order valence-electron chi connectivity index (χ1n) is 5.28. The monoisotopic (exact) mass is 233 g/mol. The van der Waals surface area contributed by atoms with Gasteiger partial charge < -0.3 is 10.3 Å². The number of para-hydroxylation sites is 1. The van der Waals surface area contributed by atoms with Crippen molar-refractivity contribution in [1.29, 1.82) is 0 Å². The Morgan fingerprint density at radius 2 is 2.25 bits per heavy atom. The highest BCUT2D eigenvalue weighted by atomic mass is 32.2. The van der Waals surface area contributed by atoms with E-state index in [2.05, 4.69) is 46.5 Å². The van der Waals surface area contributed by atoms with E-state index in [1.807, 2.05) is 6.20 Å². The van der Waals surface area contributed by atoms with Crippen molar-refractivity contribution in [3.63, 3.8) is 0 Å². The maximum absolute atomic E-state index is 4.16. The summed E-state index contributed by atoms with van der Waals surface area (Å²) in [5.41, 5.74) is 2.49. The van der Waals surface area contributed by atoms with Crippen LogP contribution in [0.4, 0.5) is 5.69 Å². The Morgan fingerprint density at radius 3 is 3.00 bits per heavy atom. The Kier molecular flexibility index (Phi) is 3.88. The van der Waals surface area contributed by atoms with Gasteiger partial charge in [-0.25, -0.2) is 4.98 Å². The SMILES string of the molecule is Cc1ccccc1NCCSc1ncc[nH]1. The van der Waals surface area contributed by atoms with Crippen molar-refractivity contribution in [2.75, 3.05) is 17.6 Å². The number of benzene rings is 1. The molecule has 0 spiro atoms. The molecule has 0 fully saturated rings. The number of H-pyrrole nitrogens is 1. The topological polar surface area (TPSA) is 40.7 Å². The molecule has 0 atom stereocenters. The van der Waals surface area contributed by atoms with Gasteiger partial charge in [0.15, 0.2) is 5.16 Å². The third-order valence-corrected chi connectivity index (χ3v) is 3.18. The molecule has 0 aliphatic heterocycles. The Hall–Kier alpha value is -1.42. The Bertz CT molecular complexity index is 426. The summed E-state index contributed by atoms with van der Waals surface area (Å²) in [5.74, 6) is 1.00. The van der Waals surface area contributed by atoms with Gasteiger partial charge >= 0.3 is 0 Å². The summed E-state index contributed by atoms with van der Waals surface area (Å²) < 4.78 is 0. The van der Waals surface area contributed by atoms with Crippen molar-refractivity contribution < 1.29 is 0 Å². The molecule has 0 unspecified atom stereocenters. The lowest BCUT2D eigenvalue weighted by atomic mass is 10.2. The largest absolute Gasteiger partial charge is 0.384 e. The first-order valence-corrected chi connectivity index (χ1v) is 6.26. The molecule has 0 saturated carbocycles. The van der Waals surface area contributed by atoms with E-state index in [4.69, 9.17) is 0 Å². The van der Waals surface area contributed by atoms with Crippen molar-refractivity contribution >= 4 is 17.4 Å². The number of hydrogen-bond acceptors (Lipinski definition) is 3. The maximum Gasteiger partial charge on any atom is 0.165 e. The summed E-state index contributed by atoms with van der Waals surface area (Å²) >= 11 is 1.72. The average molecular weight is 233 g/mol. The zero-order valence-electron chi connectivity index (χ0n) is 9.23. The van der Waals surface area contributed by atoms with Crippen LogP contribution in [0.1, 0.15) is 5.56 Å². The molecular formula is C12H15N3S. The lowest BCUT2D eigenvalue weighted by molar-refractivity contribution is 1.05. The van der Waals surface area contributed by atoms with Gasteiger partial charge in [0.2, 0.25) is 0 Å². The summed E-state index contributed by atoms with van der Waals surface area (Å²) in [5, 5.41) is 4.39. The summed E-state index contributed by atoms with van der Waals surface area (Å²) in [7, 11) is 0. The Labute approximate surface area is 99.7 Å². The van der Waals surface area contributed by atoms with Crippen molar-refractivity contribution in [3.05, 3.63) is 42.2 Å². The average Bonchev–Trinajstić information content (AvgIpc) is 2.79. The Balaban J connectivity index is 1.74. The molecule has 2 aromatic rings. The molecule has 0 bridgehead atoms. The van der Waals surface area contributed by atoms with E-state index in [9.17, 15) is 0 Å². The summed E-state index contributed by atoms with van der Waals surface area (Å²) in [6.07, 6.45) is 3.62. The van der Waals surface area contributed by atoms with Gasteiger partial charge in [-0.15, -0.1) is 0 Å². The number of nitrogens with one attached hydrogen (secondary N) is 2. The number of aryl methyl sites for hydroxylation is 1. The number of hydrogen-bond donors (Lipinski definition) is 2. The predicted octanol–water partition coefficient (Wildman–Crippen LogP) is 2.92. The molecule has 0 aliphatic rings. The molecule has 0 aliphatic carbocycles. The van der Waals surface area contributed by atoms with Crippen LogP contribution in [-0.2, 0) is 0 Å². The van der Waals surface area contributed by atoms with Gasteiger partial charge in [-0.1, -0.05) is 30.0 Å². The highest BCUT2D eigenvalue weighted by Gasteiger charge is 1.97. The van der Waals surface area contributed by atoms with Gasteiger partial charge in [0.05, 0.1) is 0 Å². The summed E-state index contributed by atoms with van der Waals surface area (Å²) in [6, 6.07) is 8.32. The predicted molar refractivity (Wildman–Crippen MR) is 69.0 cm³/mol. The molecule has 2 N–H and O–H groups in total. The second kappa shape index (κ2) is 5.61. The molecule has 2 rings (SSSR count). The molecule has 1 aromatic carbocycles. The van der Waals surface area contributed by atoms with Gasteiger partial charge in [-0.05, 0) is 18.6 Å². The zero-order chi connectivity index (χ0) is 11.2. The second-order valence-corrected chi connectivity index (χ2v) is 4.57. The van der Waals surface area contributed by atoms with Crippen molar-refractivity contribution in [1.82, 2.24) is 9.97 Å². The number of aromatic amines is 1. The molecule has 0 saturated heterocycles. The lowest BCUT2D eigenvalue weighted by Gasteiger charge is -2.08. The van der Waals surface area contributed by atoms with E-state index >= 15 is 0 Å². The second-order valence-electron chi connectivity index (χ2n) is 3.48. The molecule has 16 heavy (non-hydrogen) atoms. The van der Waals surface area contributed by atoms with Crippen LogP contribution >= 0.6 is 11.8 Å². The fourth-order valence-electron chi connectivity index (χ4n) is 1.43. The van der Waals surface area contributed by atoms with Crippen LogP contribution in [0, 0.1) is 6.92 Å². The summed E-state index contributed by atoms with van der Waals surface area (Å²) in [6.45, 7) is 3.05. The van der Waals surface area contributed by atoms with Gasteiger partial charge in [-0.2, -0.15) is 0 Å². The maximum atomic E-state index is 4.16. The molecule has 4 heteroatoms. The van der Waals surface area contributed by atoms with Crippen LogP contribution < -0.4 is 5.32 Å². The van der Waals surface area contributed by atoms with E-state index in [1.165, 1.54) is 11.3 Å². The molecule has 0 amide bonds. The smallest absolute Gasteiger partial charge is 0.165 e. The van der Waals surface area contributed by atoms with Crippen molar-refractivity contribution in [2.24, 2.45) is 0 Å². The first-order chi connectivity index (χ1) is 7.86. The molecule has 0 radical (unpaired) electrons. The molecule has 1 heterocycles. The minimum Gasteiger partial charge on any atom is -0.384 e. The molecule has 3 nitrogen and oxygen atoms in total. The van der Waals surface area contributed by atoms with Crippen molar-refractivity contribution in [3.8, 4) is 0 Å². The van der Waals surface area contributed by atoms with Gasteiger partial charge in [0, 0.05) is 30.4 Å². The fraction of sp³-hybridized carbons (Fsp3) is 0.250. The van der Waals surface area contributed by atoms with Gasteiger partial charge in [0.25, 0.3) is 0 Å².